The first kappa shape index (κ1) is 14.9. The molecule has 0 amide bonds. The highest BCUT2D eigenvalue weighted by Gasteiger charge is 2.55. The van der Waals surface area contributed by atoms with Crippen LogP contribution in [0.4, 0.5) is 0 Å². The molecule has 4 nitrogen and oxygen atoms in total. The van der Waals surface area contributed by atoms with Gasteiger partial charge < -0.3 is 14.8 Å². The van der Waals surface area contributed by atoms with Crippen LogP contribution in [0.2, 0.25) is 0 Å². The Labute approximate surface area is 148 Å². The fraction of sp³-hybridized carbons (Fsp3) is 0.500. The van der Waals surface area contributed by atoms with Gasteiger partial charge in [0.05, 0.1) is 12.1 Å². The van der Waals surface area contributed by atoms with Gasteiger partial charge in [-0.05, 0) is 43.1 Å². The SMILES string of the molecule is COc1cccc([C@H]2c3sc(=O)[nH]c3S[C@H]3[C@@H]4CC[C@@H](C4)[C@H]23)c1O. The highest BCUT2D eigenvalue weighted by Crippen LogP contribution is 2.64. The maximum absolute atomic E-state index is 12.0. The molecule has 2 heterocycles. The van der Waals surface area contributed by atoms with Gasteiger partial charge in [-0.1, -0.05) is 23.5 Å². The van der Waals surface area contributed by atoms with E-state index in [2.05, 4.69) is 4.98 Å². The maximum Gasteiger partial charge on any atom is 0.305 e. The number of nitrogens with one attached hydrogen (secondary N) is 1. The second-order valence-corrected chi connectivity index (χ2v) is 9.28. The van der Waals surface area contributed by atoms with E-state index in [9.17, 15) is 9.90 Å². The Morgan fingerprint density at radius 3 is 2.96 bits per heavy atom. The number of aromatic nitrogens is 1. The molecule has 1 aromatic heterocycles. The number of thiazole rings is 1. The minimum atomic E-state index is 0.00667. The number of para-hydroxylation sites is 1. The molecular formula is C18H19NO3S2. The molecule has 2 fully saturated rings. The molecule has 3 aliphatic rings. The zero-order valence-electron chi connectivity index (χ0n) is 13.3. The molecule has 5 rings (SSSR count). The van der Waals surface area contributed by atoms with Gasteiger partial charge in [0, 0.05) is 21.6 Å². The number of H-pyrrole nitrogens is 1. The monoisotopic (exact) mass is 361 g/mol. The Morgan fingerprint density at radius 2 is 2.12 bits per heavy atom. The molecule has 1 aliphatic heterocycles. The summed E-state index contributed by atoms with van der Waals surface area (Å²) in [6.45, 7) is 0. The van der Waals surface area contributed by atoms with Crippen molar-refractivity contribution in [3.63, 3.8) is 0 Å². The van der Waals surface area contributed by atoms with Gasteiger partial charge in [-0.2, -0.15) is 0 Å². The Morgan fingerprint density at radius 1 is 1.29 bits per heavy atom. The average molecular weight is 361 g/mol. The molecule has 6 heteroatoms. The molecular weight excluding hydrogens is 342 g/mol. The summed E-state index contributed by atoms with van der Waals surface area (Å²) < 4.78 is 5.32. The van der Waals surface area contributed by atoms with Gasteiger partial charge in [0.2, 0.25) is 0 Å². The molecule has 24 heavy (non-hydrogen) atoms. The molecule has 2 saturated carbocycles. The Kier molecular flexibility index (Phi) is 3.29. The second kappa shape index (κ2) is 5.30. The minimum Gasteiger partial charge on any atom is -0.504 e. The van der Waals surface area contributed by atoms with E-state index < -0.39 is 0 Å². The van der Waals surface area contributed by atoms with E-state index in [1.165, 1.54) is 30.6 Å². The zero-order valence-corrected chi connectivity index (χ0v) is 15.0. The first-order valence-electron chi connectivity index (χ1n) is 8.43. The van der Waals surface area contributed by atoms with Gasteiger partial charge in [0.1, 0.15) is 0 Å². The molecule has 0 spiro atoms. The molecule has 2 bridgehead atoms. The molecule has 0 radical (unpaired) electrons. The largest absolute Gasteiger partial charge is 0.504 e. The molecule has 0 unspecified atom stereocenters. The standard InChI is InChI=1S/C18H19NO3S2/c1-22-11-4-2-3-10(14(11)20)13-12-8-5-6-9(7-8)15(12)23-17-16(13)24-18(21)19-17/h2-4,8-9,12-13,15,20H,5-7H2,1H3,(H,19,21)/t8-,9+,12+,13+,15-/m0/s1. The molecule has 2 aliphatic carbocycles. The molecule has 2 aromatic rings. The normalized spacial score (nSPS) is 33.3. The number of hydrogen-bond acceptors (Lipinski definition) is 5. The number of fused-ring (bicyclic) bond motifs is 6. The third kappa shape index (κ3) is 1.96. The van der Waals surface area contributed by atoms with Crippen LogP contribution < -0.4 is 9.61 Å². The quantitative estimate of drug-likeness (QED) is 0.854. The van der Waals surface area contributed by atoms with E-state index in [1.54, 1.807) is 13.2 Å². The van der Waals surface area contributed by atoms with Crippen molar-refractivity contribution in [1.29, 1.82) is 0 Å². The van der Waals surface area contributed by atoms with Gasteiger partial charge in [-0.25, -0.2) is 0 Å². The highest BCUT2D eigenvalue weighted by molar-refractivity contribution is 8.00. The molecule has 1 aromatic carbocycles. The summed E-state index contributed by atoms with van der Waals surface area (Å²) in [6.07, 6.45) is 3.88. The Balaban J connectivity index is 1.71. The van der Waals surface area contributed by atoms with Crippen molar-refractivity contribution in [2.45, 2.75) is 35.5 Å². The Hall–Kier alpha value is -1.40. The van der Waals surface area contributed by atoms with E-state index in [0.717, 1.165) is 21.4 Å². The number of aromatic hydroxyl groups is 1. The second-order valence-electron chi connectivity index (χ2n) is 7.08. The van der Waals surface area contributed by atoms with Gasteiger partial charge in [0.25, 0.3) is 0 Å². The van der Waals surface area contributed by atoms with E-state index >= 15 is 0 Å². The van der Waals surface area contributed by atoms with E-state index in [4.69, 9.17) is 4.74 Å². The first-order chi connectivity index (χ1) is 11.7. The maximum atomic E-state index is 12.0. The topological polar surface area (TPSA) is 62.3 Å². The van der Waals surface area contributed by atoms with Gasteiger partial charge >= 0.3 is 4.87 Å². The zero-order chi connectivity index (χ0) is 16.4. The lowest BCUT2D eigenvalue weighted by atomic mass is 9.74. The molecule has 2 N–H and O–H groups in total. The predicted octanol–water partition coefficient (Wildman–Crippen LogP) is 3.80. The van der Waals surface area contributed by atoms with Gasteiger partial charge in [-0.15, -0.1) is 11.8 Å². The summed E-state index contributed by atoms with van der Waals surface area (Å²) in [5, 5.41) is 12.3. The van der Waals surface area contributed by atoms with Crippen LogP contribution in [0.5, 0.6) is 11.5 Å². The van der Waals surface area contributed by atoms with Crippen LogP contribution in [0, 0.1) is 17.8 Å². The van der Waals surface area contributed by atoms with Crippen molar-refractivity contribution < 1.29 is 9.84 Å². The third-order valence-corrected chi connectivity index (χ3v) is 8.67. The molecule has 5 atom stereocenters. The van der Waals surface area contributed by atoms with E-state index in [1.807, 2.05) is 23.9 Å². The van der Waals surface area contributed by atoms with Crippen molar-refractivity contribution >= 4 is 23.1 Å². The lowest BCUT2D eigenvalue weighted by Crippen LogP contribution is -2.33. The van der Waals surface area contributed by atoms with Crippen LogP contribution in [0.25, 0.3) is 0 Å². The number of thioether (sulfide) groups is 1. The third-order valence-electron chi connectivity index (χ3n) is 6.05. The average Bonchev–Trinajstić information content (AvgIpc) is 3.26. The van der Waals surface area contributed by atoms with Crippen LogP contribution in [0.15, 0.2) is 28.0 Å². The summed E-state index contributed by atoms with van der Waals surface area (Å²) in [4.78, 5) is 16.1. The summed E-state index contributed by atoms with van der Waals surface area (Å²) in [5.41, 5.74) is 0.911. The van der Waals surface area contributed by atoms with Crippen LogP contribution >= 0.6 is 23.1 Å². The number of rotatable bonds is 2. The van der Waals surface area contributed by atoms with E-state index in [-0.39, 0.29) is 16.5 Å². The van der Waals surface area contributed by atoms with Crippen molar-refractivity contribution in [3.8, 4) is 11.5 Å². The van der Waals surface area contributed by atoms with Gasteiger partial charge in [0.15, 0.2) is 11.5 Å². The summed E-state index contributed by atoms with van der Waals surface area (Å²) in [7, 11) is 1.58. The fourth-order valence-electron chi connectivity index (χ4n) is 5.15. The molecule has 126 valence electrons. The molecule has 0 saturated heterocycles. The van der Waals surface area contributed by atoms with Crippen molar-refractivity contribution in [1.82, 2.24) is 4.98 Å². The van der Waals surface area contributed by atoms with Gasteiger partial charge in [-0.3, -0.25) is 4.79 Å². The van der Waals surface area contributed by atoms with Crippen LogP contribution in [-0.4, -0.2) is 22.5 Å². The fourth-order valence-corrected chi connectivity index (χ4v) is 8.04. The predicted molar refractivity (Wildman–Crippen MR) is 95.4 cm³/mol. The highest BCUT2D eigenvalue weighted by atomic mass is 32.2. The smallest absolute Gasteiger partial charge is 0.305 e. The minimum absolute atomic E-state index is 0.00667. The number of phenolic OH excluding ortho intramolecular Hbond substituents is 1. The first-order valence-corrected chi connectivity index (χ1v) is 10.1. The van der Waals surface area contributed by atoms with E-state index in [0.29, 0.717) is 22.8 Å². The summed E-state index contributed by atoms with van der Waals surface area (Å²) in [5.74, 6) is 2.79. The number of hydrogen-bond donors (Lipinski definition) is 2. The van der Waals surface area contributed by atoms with Crippen LogP contribution in [0.3, 0.4) is 0 Å². The summed E-state index contributed by atoms with van der Waals surface area (Å²) >= 11 is 3.18. The number of methoxy groups -OCH3 is 1. The van der Waals surface area contributed by atoms with Crippen LogP contribution in [-0.2, 0) is 0 Å². The van der Waals surface area contributed by atoms with Crippen LogP contribution in [0.1, 0.15) is 35.6 Å². The van der Waals surface area contributed by atoms with Crippen molar-refractivity contribution in [3.05, 3.63) is 38.3 Å². The number of aromatic amines is 1. The number of benzene rings is 1. The van der Waals surface area contributed by atoms with Crippen molar-refractivity contribution in [2.24, 2.45) is 17.8 Å². The Bertz CT molecular complexity index is 858. The lowest BCUT2D eigenvalue weighted by molar-refractivity contribution is 0.300. The van der Waals surface area contributed by atoms with Crippen molar-refractivity contribution in [2.75, 3.05) is 7.11 Å². The number of phenols is 1. The summed E-state index contributed by atoms with van der Waals surface area (Å²) in [6, 6.07) is 5.72. The lowest BCUT2D eigenvalue weighted by Gasteiger charge is -2.40. The number of ether oxygens (including phenoxy) is 1.